The lowest BCUT2D eigenvalue weighted by Crippen LogP contribution is -2.41. The Kier molecular flexibility index (Phi) is 2.45. The molecule has 1 aromatic rings. The van der Waals surface area contributed by atoms with Crippen LogP contribution in [0.2, 0.25) is 0 Å². The lowest BCUT2D eigenvalue weighted by molar-refractivity contribution is -0.146. The van der Waals surface area contributed by atoms with Gasteiger partial charge in [-0.15, -0.1) is 0 Å². The molecule has 0 aromatic carbocycles. The number of hydrogen-bond acceptors (Lipinski definition) is 3. The molecule has 3 rings (SSSR count). The van der Waals surface area contributed by atoms with Gasteiger partial charge in [0.15, 0.2) is 0 Å². The number of rotatable bonds is 3. The second-order valence-electron chi connectivity index (χ2n) is 4.41. The fourth-order valence-electron chi connectivity index (χ4n) is 2.53. The predicted octanol–water partition coefficient (Wildman–Crippen LogP) is 0.212. The van der Waals surface area contributed by atoms with Gasteiger partial charge in [0.25, 0.3) is 0 Å². The van der Waals surface area contributed by atoms with Gasteiger partial charge in [-0.25, -0.2) is 0 Å². The van der Waals surface area contributed by atoms with Gasteiger partial charge >= 0.3 is 5.97 Å². The lowest BCUT2D eigenvalue weighted by atomic mass is 9.82. The first kappa shape index (κ1) is 11.0. The first-order valence-corrected chi connectivity index (χ1v) is 5.67. The van der Waals surface area contributed by atoms with E-state index in [4.69, 9.17) is 4.74 Å². The highest BCUT2D eigenvalue weighted by Crippen LogP contribution is 2.39. The van der Waals surface area contributed by atoms with Gasteiger partial charge in [-0.1, -0.05) is 12.2 Å². The summed E-state index contributed by atoms with van der Waals surface area (Å²) in [7, 11) is 0. The molecular weight excluding hydrogens is 236 g/mol. The topological polar surface area (TPSA) is 80.6 Å². The molecule has 0 radical (unpaired) electrons. The second-order valence-corrected chi connectivity index (χ2v) is 4.41. The van der Waals surface area contributed by atoms with Crippen LogP contribution in [0, 0.1) is 11.8 Å². The van der Waals surface area contributed by atoms with E-state index in [1.54, 1.807) is 36.7 Å². The Bertz CT molecular complexity index is 508. The van der Waals surface area contributed by atoms with E-state index in [-0.39, 0.29) is 5.91 Å². The number of hydrogen-bond donors (Lipinski definition) is 2. The zero-order valence-corrected chi connectivity index (χ0v) is 9.39. The number of fused-ring (bicyclic) bond motifs is 2. The average molecular weight is 248 g/mol. The number of carboxylic acids is 1. The number of carbonyl (C=O) groups is 2. The van der Waals surface area contributed by atoms with Crippen molar-refractivity contribution in [3.63, 3.8) is 0 Å². The van der Waals surface area contributed by atoms with Crippen LogP contribution in [0.5, 0.6) is 0 Å². The zero-order valence-electron chi connectivity index (χ0n) is 9.39. The summed E-state index contributed by atoms with van der Waals surface area (Å²) < 4.78 is 6.93. The third-order valence-electron chi connectivity index (χ3n) is 3.33. The minimum absolute atomic E-state index is 0.338. The zero-order chi connectivity index (χ0) is 12.7. The molecule has 1 aromatic heterocycles. The molecule has 2 aliphatic heterocycles. The molecule has 1 amide bonds. The highest BCUT2D eigenvalue weighted by molar-refractivity contribution is 5.92. The van der Waals surface area contributed by atoms with Crippen molar-refractivity contribution in [2.75, 3.05) is 5.43 Å². The minimum Gasteiger partial charge on any atom is -0.481 e. The van der Waals surface area contributed by atoms with E-state index in [1.807, 2.05) is 0 Å². The minimum atomic E-state index is -1.00. The highest BCUT2D eigenvalue weighted by Gasteiger charge is 2.53. The lowest BCUT2D eigenvalue weighted by Gasteiger charge is -2.21. The van der Waals surface area contributed by atoms with Gasteiger partial charge in [0.1, 0.15) is 5.92 Å². The Hall–Kier alpha value is -2.08. The first-order valence-electron chi connectivity index (χ1n) is 5.67. The molecule has 1 fully saturated rings. The smallest absolute Gasteiger partial charge is 0.310 e. The van der Waals surface area contributed by atoms with Crippen LogP contribution < -0.4 is 5.43 Å². The molecule has 94 valence electrons. The molecule has 1 saturated heterocycles. The van der Waals surface area contributed by atoms with E-state index in [1.165, 1.54) is 4.68 Å². The van der Waals surface area contributed by atoms with E-state index < -0.39 is 30.0 Å². The van der Waals surface area contributed by atoms with E-state index >= 15 is 0 Å². The molecule has 4 atom stereocenters. The molecule has 0 unspecified atom stereocenters. The van der Waals surface area contributed by atoms with E-state index in [9.17, 15) is 14.7 Å². The second kappa shape index (κ2) is 3.99. The summed E-state index contributed by atoms with van der Waals surface area (Å²) >= 11 is 0. The number of nitrogens with one attached hydrogen (secondary N) is 1. The van der Waals surface area contributed by atoms with Gasteiger partial charge < -0.3 is 9.84 Å². The molecule has 6 nitrogen and oxygen atoms in total. The number of nitrogens with zero attached hydrogens (tertiary/aromatic N) is 1. The number of carbonyl (C=O) groups excluding carboxylic acids is 1. The van der Waals surface area contributed by atoms with Gasteiger partial charge in [0.2, 0.25) is 5.91 Å². The molecule has 3 heterocycles. The fourth-order valence-corrected chi connectivity index (χ4v) is 2.53. The highest BCUT2D eigenvalue weighted by atomic mass is 16.5. The molecule has 18 heavy (non-hydrogen) atoms. The Morgan fingerprint density at radius 2 is 1.72 bits per heavy atom. The van der Waals surface area contributed by atoms with E-state index in [2.05, 4.69) is 5.43 Å². The first-order chi connectivity index (χ1) is 8.66. The van der Waals surface area contributed by atoms with Crippen LogP contribution in [-0.2, 0) is 14.3 Å². The summed E-state index contributed by atoms with van der Waals surface area (Å²) in [4.78, 5) is 23.3. The molecule has 0 saturated carbocycles. The molecule has 0 spiro atoms. The summed E-state index contributed by atoms with van der Waals surface area (Å²) in [5.74, 6) is -2.83. The average Bonchev–Trinajstić information content (AvgIpc) is 3.03. The normalized spacial score (nSPS) is 32.7. The number of ether oxygens (including phenoxy) is 1. The van der Waals surface area contributed by atoms with Crippen molar-refractivity contribution in [3.05, 3.63) is 36.7 Å². The molecular formula is C12H12N2O4. The van der Waals surface area contributed by atoms with Gasteiger partial charge in [0, 0.05) is 12.4 Å². The monoisotopic (exact) mass is 248 g/mol. The Balaban J connectivity index is 1.80. The van der Waals surface area contributed by atoms with Crippen molar-refractivity contribution in [1.29, 1.82) is 0 Å². The maximum absolute atomic E-state index is 12.1. The number of amides is 1. The van der Waals surface area contributed by atoms with Crippen molar-refractivity contribution in [2.45, 2.75) is 12.2 Å². The third-order valence-corrected chi connectivity index (χ3v) is 3.33. The van der Waals surface area contributed by atoms with Gasteiger partial charge in [-0.05, 0) is 12.1 Å². The quantitative estimate of drug-likeness (QED) is 0.749. The predicted molar refractivity (Wildman–Crippen MR) is 61.2 cm³/mol. The van der Waals surface area contributed by atoms with Crippen LogP contribution in [0.4, 0.5) is 0 Å². The number of aromatic nitrogens is 1. The molecule has 6 heteroatoms. The fraction of sp³-hybridized carbons (Fsp3) is 0.333. The van der Waals surface area contributed by atoms with Gasteiger partial charge in [0.05, 0.1) is 18.1 Å². The van der Waals surface area contributed by atoms with Crippen molar-refractivity contribution in [2.24, 2.45) is 11.8 Å². The van der Waals surface area contributed by atoms with Crippen LogP contribution in [0.25, 0.3) is 0 Å². The van der Waals surface area contributed by atoms with Crippen molar-refractivity contribution >= 4 is 11.9 Å². The molecule has 2 bridgehead atoms. The number of aliphatic carboxylic acids is 1. The third kappa shape index (κ3) is 1.62. The van der Waals surface area contributed by atoms with Crippen LogP contribution in [-0.4, -0.2) is 33.9 Å². The summed E-state index contributed by atoms with van der Waals surface area (Å²) in [6.07, 6.45) is 5.89. The summed E-state index contributed by atoms with van der Waals surface area (Å²) in [5.41, 5.74) is 2.63. The van der Waals surface area contributed by atoms with Gasteiger partial charge in [-0.3, -0.25) is 19.7 Å². The van der Waals surface area contributed by atoms with Crippen LogP contribution in [0.1, 0.15) is 0 Å². The van der Waals surface area contributed by atoms with Crippen molar-refractivity contribution in [1.82, 2.24) is 4.68 Å². The van der Waals surface area contributed by atoms with Crippen molar-refractivity contribution in [3.8, 4) is 0 Å². The Labute approximate surface area is 103 Å². The van der Waals surface area contributed by atoms with Gasteiger partial charge in [-0.2, -0.15) is 0 Å². The maximum Gasteiger partial charge on any atom is 0.310 e. The molecule has 2 N–H and O–H groups in total. The van der Waals surface area contributed by atoms with Crippen molar-refractivity contribution < 1.29 is 19.4 Å². The Morgan fingerprint density at radius 1 is 1.11 bits per heavy atom. The Morgan fingerprint density at radius 3 is 2.33 bits per heavy atom. The summed E-state index contributed by atoms with van der Waals surface area (Å²) in [6, 6.07) is 3.54. The standard InChI is InChI=1S/C12H12N2O4/c15-11(13-14-5-1-2-6-14)9-7-3-4-8(18-7)10(9)12(16)17/h1-10H,(H,13,15)(H,16,17)/t7-,8-,9+,10-/m0/s1. The van der Waals surface area contributed by atoms with Crippen LogP contribution >= 0.6 is 0 Å². The largest absolute Gasteiger partial charge is 0.481 e. The SMILES string of the molecule is O=C(O)[C@@H]1[C@H](C(=O)Nn2cccc2)[C@@H]2C=C[C@@H]1O2. The summed E-state index contributed by atoms with van der Waals surface area (Å²) in [6.45, 7) is 0. The van der Waals surface area contributed by atoms with E-state index in [0.29, 0.717) is 0 Å². The van der Waals surface area contributed by atoms with Crippen LogP contribution in [0.3, 0.4) is 0 Å². The van der Waals surface area contributed by atoms with Crippen LogP contribution in [0.15, 0.2) is 36.7 Å². The summed E-state index contributed by atoms with van der Waals surface area (Å²) in [5, 5.41) is 9.18. The van der Waals surface area contributed by atoms with E-state index in [0.717, 1.165) is 0 Å². The number of carboxylic acid groups (broad SMARTS) is 1. The molecule has 2 aliphatic rings. The maximum atomic E-state index is 12.1. The molecule has 0 aliphatic carbocycles.